The maximum absolute atomic E-state index is 11.5. The van der Waals surface area contributed by atoms with Crippen LogP contribution in [0.4, 0.5) is 5.69 Å². The molecule has 0 radical (unpaired) electrons. The van der Waals surface area contributed by atoms with Gasteiger partial charge in [0.05, 0.1) is 11.9 Å². The lowest BCUT2D eigenvalue weighted by Crippen LogP contribution is -2.53. The molecule has 2 saturated heterocycles. The highest BCUT2D eigenvalue weighted by Crippen LogP contribution is 2.35. The smallest absolute Gasteiger partial charge is 0.269 e. The van der Waals surface area contributed by atoms with Gasteiger partial charge in [0, 0.05) is 32.6 Å². The summed E-state index contributed by atoms with van der Waals surface area (Å²) in [6.07, 6.45) is 4.49. The van der Waals surface area contributed by atoms with Crippen LogP contribution in [-0.4, -0.2) is 55.6 Å². The van der Waals surface area contributed by atoms with Crippen LogP contribution in [0.25, 0.3) is 0 Å². The number of hydrogen-bond donors (Lipinski definition) is 1. The van der Waals surface area contributed by atoms with E-state index in [1.807, 2.05) is 12.3 Å². The largest absolute Gasteiger partial charge is 0.369 e. The zero-order chi connectivity index (χ0) is 18.0. The van der Waals surface area contributed by atoms with Crippen LogP contribution >= 0.6 is 0 Å². The summed E-state index contributed by atoms with van der Waals surface area (Å²) in [7, 11) is 1.63. The molecule has 0 saturated carbocycles. The molecular weight excluding hydrogens is 312 g/mol. The van der Waals surface area contributed by atoms with Crippen molar-refractivity contribution in [2.45, 2.75) is 33.6 Å². The number of piperidine rings is 1. The van der Waals surface area contributed by atoms with Gasteiger partial charge in [-0.3, -0.25) is 4.79 Å². The van der Waals surface area contributed by atoms with E-state index in [-0.39, 0.29) is 5.91 Å². The van der Waals surface area contributed by atoms with Crippen LogP contribution in [0, 0.1) is 17.3 Å². The van der Waals surface area contributed by atoms with E-state index in [1.165, 1.54) is 32.5 Å². The Hall–Kier alpha value is -1.62. The number of amides is 1. The summed E-state index contributed by atoms with van der Waals surface area (Å²) >= 11 is 0. The molecule has 1 aromatic heterocycles. The third-order valence-corrected chi connectivity index (χ3v) is 5.86. The molecule has 3 rings (SSSR count). The molecule has 0 aromatic carbocycles. The number of hydrogen-bond acceptors (Lipinski definition) is 4. The first kappa shape index (κ1) is 18.2. The lowest BCUT2D eigenvalue weighted by molar-refractivity contribution is 0.0956. The molecule has 1 aromatic rings. The van der Waals surface area contributed by atoms with Crippen LogP contribution in [0.1, 0.15) is 44.1 Å². The second-order valence-electron chi connectivity index (χ2n) is 8.69. The van der Waals surface area contributed by atoms with Crippen LogP contribution in [0.2, 0.25) is 0 Å². The zero-order valence-electron chi connectivity index (χ0n) is 16.1. The molecule has 5 heteroatoms. The minimum absolute atomic E-state index is 0.133. The highest BCUT2D eigenvalue weighted by Gasteiger charge is 2.32. The van der Waals surface area contributed by atoms with Gasteiger partial charge >= 0.3 is 0 Å². The van der Waals surface area contributed by atoms with Gasteiger partial charge in [-0.2, -0.15) is 0 Å². The van der Waals surface area contributed by atoms with E-state index in [1.54, 1.807) is 13.1 Å². The van der Waals surface area contributed by atoms with Crippen molar-refractivity contribution in [1.82, 2.24) is 15.2 Å². The Morgan fingerprint density at radius 2 is 1.92 bits per heavy atom. The number of nitrogens with zero attached hydrogens (tertiary/aromatic N) is 3. The monoisotopic (exact) mass is 344 g/mol. The van der Waals surface area contributed by atoms with Crippen molar-refractivity contribution in [3.8, 4) is 0 Å². The topological polar surface area (TPSA) is 48.5 Å². The van der Waals surface area contributed by atoms with Crippen molar-refractivity contribution >= 4 is 11.6 Å². The maximum Gasteiger partial charge on any atom is 0.269 e. The standard InChI is InChI=1S/C20H32N4O/c1-20(2,3)16-7-9-23(10-8-16)12-15-13-24(14-15)17-5-6-18(22-11-17)19(25)21-4/h5-6,11,15-16H,7-10,12-14H2,1-4H3,(H,21,25). The molecule has 3 heterocycles. The number of carbonyl (C=O) groups is 1. The highest BCUT2D eigenvalue weighted by atomic mass is 16.1. The van der Waals surface area contributed by atoms with Gasteiger partial charge in [-0.15, -0.1) is 0 Å². The number of anilines is 1. The molecule has 1 amide bonds. The first-order valence-electron chi connectivity index (χ1n) is 9.52. The Kier molecular flexibility index (Phi) is 5.32. The molecule has 0 atom stereocenters. The van der Waals surface area contributed by atoms with Gasteiger partial charge in [0.1, 0.15) is 5.69 Å². The van der Waals surface area contributed by atoms with Crippen molar-refractivity contribution in [1.29, 1.82) is 0 Å². The van der Waals surface area contributed by atoms with Gasteiger partial charge in [-0.05, 0) is 49.4 Å². The molecule has 2 aliphatic rings. The van der Waals surface area contributed by atoms with E-state index in [4.69, 9.17) is 0 Å². The molecule has 1 N–H and O–H groups in total. The van der Waals surface area contributed by atoms with Crippen molar-refractivity contribution in [2.24, 2.45) is 17.3 Å². The van der Waals surface area contributed by atoms with Crippen molar-refractivity contribution in [3.05, 3.63) is 24.0 Å². The first-order chi connectivity index (χ1) is 11.9. The lowest BCUT2D eigenvalue weighted by Gasteiger charge is -2.45. The number of nitrogens with one attached hydrogen (secondary N) is 1. The van der Waals surface area contributed by atoms with Gasteiger partial charge in [0.2, 0.25) is 0 Å². The van der Waals surface area contributed by atoms with Gasteiger partial charge in [-0.1, -0.05) is 20.8 Å². The van der Waals surface area contributed by atoms with E-state index in [2.05, 4.69) is 40.9 Å². The van der Waals surface area contributed by atoms with E-state index >= 15 is 0 Å². The SMILES string of the molecule is CNC(=O)c1ccc(N2CC(CN3CCC(C(C)(C)C)CC3)C2)cn1. The average Bonchev–Trinajstić information content (AvgIpc) is 2.57. The molecular formula is C20H32N4O. The summed E-state index contributed by atoms with van der Waals surface area (Å²) in [5.74, 6) is 1.49. The number of aromatic nitrogens is 1. The lowest BCUT2D eigenvalue weighted by atomic mass is 9.75. The Morgan fingerprint density at radius 1 is 1.24 bits per heavy atom. The van der Waals surface area contributed by atoms with Crippen molar-refractivity contribution in [2.75, 3.05) is 44.7 Å². The molecule has 2 fully saturated rings. The minimum Gasteiger partial charge on any atom is -0.369 e. The molecule has 0 bridgehead atoms. The van der Waals surface area contributed by atoms with E-state index in [0.717, 1.165) is 30.6 Å². The summed E-state index contributed by atoms with van der Waals surface area (Å²) in [6, 6.07) is 3.81. The Bertz CT molecular complexity index is 579. The van der Waals surface area contributed by atoms with E-state index < -0.39 is 0 Å². The number of carbonyl (C=O) groups excluding carboxylic acids is 1. The predicted octanol–water partition coefficient (Wildman–Crippen LogP) is 2.64. The summed E-state index contributed by atoms with van der Waals surface area (Å²) in [6.45, 7) is 13.0. The second kappa shape index (κ2) is 7.32. The van der Waals surface area contributed by atoms with Crippen LogP contribution in [-0.2, 0) is 0 Å². The fourth-order valence-corrected chi connectivity index (χ4v) is 4.08. The van der Waals surface area contributed by atoms with Crippen LogP contribution in [0.15, 0.2) is 18.3 Å². The normalized spacial score (nSPS) is 20.4. The molecule has 25 heavy (non-hydrogen) atoms. The summed E-state index contributed by atoms with van der Waals surface area (Å²) < 4.78 is 0. The zero-order valence-corrected chi connectivity index (χ0v) is 16.1. The van der Waals surface area contributed by atoms with Gasteiger partial charge in [-0.25, -0.2) is 4.98 Å². The van der Waals surface area contributed by atoms with Crippen LogP contribution in [0.5, 0.6) is 0 Å². The molecule has 0 aliphatic carbocycles. The second-order valence-corrected chi connectivity index (χ2v) is 8.69. The maximum atomic E-state index is 11.5. The Morgan fingerprint density at radius 3 is 2.44 bits per heavy atom. The van der Waals surface area contributed by atoms with Gasteiger partial charge in [0.15, 0.2) is 0 Å². The fraction of sp³-hybridized carbons (Fsp3) is 0.700. The van der Waals surface area contributed by atoms with Crippen LogP contribution < -0.4 is 10.2 Å². The predicted molar refractivity (Wildman–Crippen MR) is 102 cm³/mol. The summed E-state index contributed by atoms with van der Waals surface area (Å²) in [5, 5.41) is 2.60. The number of rotatable bonds is 4. The van der Waals surface area contributed by atoms with Crippen molar-refractivity contribution in [3.63, 3.8) is 0 Å². The summed E-state index contributed by atoms with van der Waals surface area (Å²) in [5.41, 5.74) is 2.05. The highest BCUT2D eigenvalue weighted by molar-refractivity contribution is 5.92. The fourth-order valence-electron chi connectivity index (χ4n) is 4.08. The van der Waals surface area contributed by atoms with E-state index in [9.17, 15) is 4.79 Å². The third kappa shape index (κ3) is 4.32. The van der Waals surface area contributed by atoms with Gasteiger partial charge < -0.3 is 15.1 Å². The quantitative estimate of drug-likeness (QED) is 0.912. The average molecular weight is 345 g/mol. The minimum atomic E-state index is -0.133. The molecule has 0 unspecified atom stereocenters. The molecule has 2 aliphatic heterocycles. The summed E-state index contributed by atoms with van der Waals surface area (Å²) in [4.78, 5) is 20.8. The van der Waals surface area contributed by atoms with E-state index in [0.29, 0.717) is 11.1 Å². The Labute approximate surface area is 151 Å². The van der Waals surface area contributed by atoms with Crippen LogP contribution in [0.3, 0.4) is 0 Å². The number of likely N-dealkylation sites (tertiary alicyclic amines) is 1. The molecule has 5 nitrogen and oxygen atoms in total. The number of pyridine rings is 1. The molecule has 0 spiro atoms. The van der Waals surface area contributed by atoms with Gasteiger partial charge in [0.25, 0.3) is 5.91 Å². The Balaban J connectivity index is 1.42. The van der Waals surface area contributed by atoms with Crippen molar-refractivity contribution < 1.29 is 4.79 Å². The third-order valence-electron chi connectivity index (χ3n) is 5.86. The molecule has 138 valence electrons. The first-order valence-corrected chi connectivity index (χ1v) is 9.52.